The van der Waals surface area contributed by atoms with Crippen molar-refractivity contribution in [3.05, 3.63) is 35.9 Å². The van der Waals surface area contributed by atoms with Gasteiger partial charge in [0.15, 0.2) is 5.65 Å². The van der Waals surface area contributed by atoms with Gasteiger partial charge in [-0.1, -0.05) is 23.4 Å². The molecule has 4 rings (SSSR count). The Morgan fingerprint density at radius 3 is 2.83 bits per heavy atom. The monoisotopic (exact) mass is 362 g/mol. The van der Waals surface area contributed by atoms with Crippen molar-refractivity contribution in [2.75, 3.05) is 36.9 Å². The Bertz CT molecular complexity index is 880. The first-order valence-electron chi connectivity index (χ1n) is 7.46. The van der Waals surface area contributed by atoms with E-state index in [-0.39, 0.29) is 0 Å². The lowest BCUT2D eigenvalue weighted by Gasteiger charge is -2.29. The Morgan fingerprint density at radius 2 is 2.00 bits per heavy atom. The van der Waals surface area contributed by atoms with Crippen LogP contribution in [0.25, 0.3) is 5.65 Å². The van der Waals surface area contributed by atoms with Gasteiger partial charge in [0.2, 0.25) is 0 Å². The van der Waals surface area contributed by atoms with Crippen molar-refractivity contribution in [3.63, 3.8) is 0 Å². The smallest absolute Gasteiger partial charge is 0.171 e. The first-order valence-corrected chi connectivity index (χ1v) is 8.66. The zero-order chi connectivity index (χ0) is 16.5. The van der Waals surface area contributed by atoms with E-state index in [1.54, 1.807) is 12.4 Å². The van der Waals surface area contributed by atoms with Crippen LogP contribution in [0.4, 0.5) is 11.6 Å². The Labute approximate surface area is 147 Å². The topological polar surface area (TPSA) is 81.6 Å². The Kier molecular flexibility index (Phi) is 4.17. The average molecular weight is 363 g/mol. The summed E-state index contributed by atoms with van der Waals surface area (Å²) in [5, 5.41) is 1.20. The van der Waals surface area contributed by atoms with E-state index in [1.165, 1.54) is 11.8 Å². The van der Waals surface area contributed by atoms with Gasteiger partial charge in [-0.2, -0.15) is 0 Å². The molecular weight excluding hydrogens is 348 g/mol. The summed E-state index contributed by atoms with van der Waals surface area (Å²) in [6, 6.07) is 1.82. The molecule has 9 heteroatoms. The zero-order valence-corrected chi connectivity index (χ0v) is 14.3. The molecule has 24 heavy (non-hydrogen) atoms. The molecule has 0 amide bonds. The lowest BCUT2D eigenvalue weighted by molar-refractivity contribution is 0.122. The molecule has 1 saturated heterocycles. The molecule has 0 spiro atoms. The molecule has 0 aliphatic carbocycles. The van der Waals surface area contributed by atoms with E-state index >= 15 is 0 Å². The second kappa shape index (κ2) is 6.46. The highest BCUT2D eigenvalue weighted by Gasteiger charge is 2.18. The normalized spacial score (nSPS) is 15.1. The highest BCUT2D eigenvalue weighted by molar-refractivity contribution is 7.99. The van der Waals surface area contributed by atoms with Gasteiger partial charge in [0.05, 0.1) is 24.4 Å². The molecule has 1 fully saturated rings. The van der Waals surface area contributed by atoms with Crippen molar-refractivity contribution in [1.82, 2.24) is 19.4 Å². The van der Waals surface area contributed by atoms with Gasteiger partial charge in [-0.15, -0.1) is 0 Å². The molecular formula is C15H15ClN6OS. The fourth-order valence-electron chi connectivity index (χ4n) is 2.61. The zero-order valence-electron chi connectivity index (χ0n) is 12.7. The molecule has 0 radical (unpaired) electrons. The quantitative estimate of drug-likeness (QED) is 0.765. The predicted molar refractivity (Wildman–Crippen MR) is 93.8 cm³/mol. The summed E-state index contributed by atoms with van der Waals surface area (Å²) < 4.78 is 7.46. The first kappa shape index (κ1) is 15.5. The van der Waals surface area contributed by atoms with E-state index in [4.69, 9.17) is 22.1 Å². The van der Waals surface area contributed by atoms with Crippen LogP contribution in [0.2, 0.25) is 5.02 Å². The van der Waals surface area contributed by atoms with E-state index in [0.717, 1.165) is 47.7 Å². The molecule has 0 aromatic carbocycles. The summed E-state index contributed by atoms with van der Waals surface area (Å²) in [4.78, 5) is 16.1. The molecule has 0 bridgehead atoms. The maximum Gasteiger partial charge on any atom is 0.171 e. The number of hydrogen-bond donors (Lipinski definition) is 1. The Hall–Kier alpha value is -2.03. The molecule has 3 aromatic rings. The van der Waals surface area contributed by atoms with Gasteiger partial charge >= 0.3 is 0 Å². The standard InChI is InChI=1S/C15H15ClN6OS/c16-12-10(1-2-18-13(12)17)24-15-14-19-3-4-22(14)11(9-20-15)21-5-7-23-8-6-21/h1-4,9H,5-8H2,(H2,17,18). The fraction of sp³-hybridized carbons (Fsp3) is 0.267. The maximum absolute atomic E-state index is 6.24. The molecule has 0 atom stereocenters. The fourth-order valence-corrected chi connectivity index (χ4v) is 3.71. The third-order valence-electron chi connectivity index (χ3n) is 3.80. The molecule has 2 N–H and O–H groups in total. The molecule has 1 aliphatic rings. The number of nitrogens with zero attached hydrogens (tertiary/aromatic N) is 5. The number of halogens is 1. The van der Waals surface area contributed by atoms with Gasteiger partial charge in [-0.25, -0.2) is 15.0 Å². The second-order valence-electron chi connectivity index (χ2n) is 5.25. The largest absolute Gasteiger partial charge is 0.382 e. The van der Waals surface area contributed by atoms with Crippen molar-refractivity contribution >= 4 is 40.6 Å². The number of pyridine rings is 1. The van der Waals surface area contributed by atoms with Crippen molar-refractivity contribution in [3.8, 4) is 0 Å². The van der Waals surface area contributed by atoms with Gasteiger partial charge in [0.1, 0.15) is 16.7 Å². The minimum atomic E-state index is 0.311. The third-order valence-corrected chi connectivity index (χ3v) is 5.35. The average Bonchev–Trinajstić information content (AvgIpc) is 3.10. The molecule has 3 aromatic heterocycles. The van der Waals surface area contributed by atoms with E-state index in [2.05, 4.69) is 19.9 Å². The molecule has 4 heterocycles. The predicted octanol–water partition coefficient (Wildman–Crippen LogP) is 2.35. The summed E-state index contributed by atoms with van der Waals surface area (Å²) in [5.41, 5.74) is 6.56. The van der Waals surface area contributed by atoms with Crippen LogP contribution in [-0.4, -0.2) is 45.7 Å². The summed E-state index contributed by atoms with van der Waals surface area (Å²) in [5.74, 6) is 1.32. The van der Waals surface area contributed by atoms with Gasteiger partial charge < -0.3 is 15.4 Å². The van der Waals surface area contributed by atoms with Crippen LogP contribution in [0.15, 0.2) is 40.8 Å². The summed E-state index contributed by atoms with van der Waals surface area (Å²) >= 11 is 7.66. The number of hydrogen-bond acceptors (Lipinski definition) is 7. The number of anilines is 2. The van der Waals surface area contributed by atoms with Crippen molar-refractivity contribution in [1.29, 1.82) is 0 Å². The molecule has 7 nitrogen and oxygen atoms in total. The van der Waals surface area contributed by atoms with Crippen molar-refractivity contribution in [2.24, 2.45) is 0 Å². The number of ether oxygens (including phenoxy) is 1. The van der Waals surface area contributed by atoms with Crippen LogP contribution >= 0.6 is 23.4 Å². The molecule has 1 aliphatic heterocycles. The highest BCUT2D eigenvalue weighted by atomic mass is 35.5. The van der Waals surface area contributed by atoms with Gasteiger partial charge in [-0.05, 0) is 6.07 Å². The number of aromatic nitrogens is 4. The second-order valence-corrected chi connectivity index (χ2v) is 6.66. The molecule has 0 saturated carbocycles. The minimum Gasteiger partial charge on any atom is -0.382 e. The Balaban J connectivity index is 1.72. The number of nitrogen functional groups attached to an aromatic ring is 1. The minimum absolute atomic E-state index is 0.311. The Morgan fingerprint density at radius 1 is 1.17 bits per heavy atom. The third kappa shape index (κ3) is 2.77. The first-order chi connectivity index (χ1) is 11.7. The van der Waals surface area contributed by atoms with Crippen LogP contribution in [0.1, 0.15) is 0 Å². The molecule has 124 valence electrons. The number of imidazole rings is 1. The van der Waals surface area contributed by atoms with Crippen LogP contribution in [0, 0.1) is 0 Å². The summed E-state index contributed by atoms with van der Waals surface area (Å²) in [7, 11) is 0. The lowest BCUT2D eigenvalue weighted by atomic mass is 10.4. The molecule has 0 unspecified atom stereocenters. The SMILES string of the molecule is Nc1nccc(Sc2ncc(N3CCOCC3)n3ccnc23)c1Cl. The van der Waals surface area contributed by atoms with Crippen molar-refractivity contribution < 1.29 is 4.74 Å². The van der Waals surface area contributed by atoms with Crippen molar-refractivity contribution in [2.45, 2.75) is 9.92 Å². The highest BCUT2D eigenvalue weighted by Crippen LogP contribution is 2.36. The van der Waals surface area contributed by atoms with Gasteiger partial charge in [0, 0.05) is 36.6 Å². The van der Waals surface area contributed by atoms with E-state index in [1.807, 2.05) is 22.9 Å². The number of morpholine rings is 1. The summed E-state index contributed by atoms with van der Waals surface area (Å²) in [6.45, 7) is 3.12. The maximum atomic E-state index is 6.24. The van der Waals surface area contributed by atoms with Gasteiger partial charge in [0.25, 0.3) is 0 Å². The van der Waals surface area contributed by atoms with Gasteiger partial charge in [-0.3, -0.25) is 4.40 Å². The van der Waals surface area contributed by atoms with Crippen LogP contribution in [0.3, 0.4) is 0 Å². The number of rotatable bonds is 3. The summed E-state index contributed by atoms with van der Waals surface area (Å²) in [6.07, 6.45) is 7.21. The number of nitrogens with two attached hydrogens (primary N) is 1. The lowest BCUT2D eigenvalue weighted by Crippen LogP contribution is -2.37. The van der Waals surface area contributed by atoms with Crippen LogP contribution in [-0.2, 0) is 4.74 Å². The van der Waals surface area contributed by atoms with E-state index < -0.39 is 0 Å². The van der Waals surface area contributed by atoms with Crippen LogP contribution < -0.4 is 10.6 Å². The number of fused-ring (bicyclic) bond motifs is 1. The van der Waals surface area contributed by atoms with E-state index in [0.29, 0.717) is 10.8 Å². The van der Waals surface area contributed by atoms with Crippen LogP contribution in [0.5, 0.6) is 0 Å². The van der Waals surface area contributed by atoms with E-state index in [9.17, 15) is 0 Å².